The van der Waals surface area contributed by atoms with Gasteiger partial charge in [-0.05, 0) is 18.1 Å². The van der Waals surface area contributed by atoms with Crippen molar-refractivity contribution in [1.29, 1.82) is 0 Å². The largest absolute Gasteiger partial charge is 0.378 e. The summed E-state index contributed by atoms with van der Waals surface area (Å²) in [5, 5.41) is 3.10. The minimum absolute atomic E-state index is 0.0211. The monoisotopic (exact) mass is 290 g/mol. The number of morpholine rings is 1. The minimum atomic E-state index is 0.0211. The topological polar surface area (TPSA) is 41.6 Å². The summed E-state index contributed by atoms with van der Waals surface area (Å²) in [6.07, 6.45) is 1.01. The van der Waals surface area contributed by atoms with Crippen LogP contribution >= 0.6 is 0 Å². The Morgan fingerprint density at radius 2 is 1.95 bits per heavy atom. The Kier molecular flexibility index (Phi) is 5.62. The second kappa shape index (κ2) is 7.46. The van der Waals surface area contributed by atoms with Crippen LogP contribution < -0.4 is 10.2 Å². The molecule has 1 aliphatic rings. The van der Waals surface area contributed by atoms with Crippen LogP contribution in [-0.4, -0.2) is 32.2 Å². The smallest absolute Gasteiger partial charge is 0.227 e. The molecule has 116 valence electrons. The quantitative estimate of drug-likeness (QED) is 0.906. The fourth-order valence-corrected chi connectivity index (χ4v) is 2.52. The number of hydrogen-bond acceptors (Lipinski definition) is 3. The van der Waals surface area contributed by atoms with Gasteiger partial charge in [0.2, 0.25) is 5.91 Å². The van der Waals surface area contributed by atoms with Crippen molar-refractivity contribution in [2.45, 2.75) is 27.2 Å². The number of rotatable bonds is 5. The average molecular weight is 290 g/mol. The molecule has 0 unspecified atom stereocenters. The highest BCUT2D eigenvalue weighted by Gasteiger charge is 2.21. The third-order valence-corrected chi connectivity index (χ3v) is 4.42. The normalized spacial score (nSPS) is 18.1. The fraction of sp³-hybridized carbons (Fsp3) is 0.588. The van der Waals surface area contributed by atoms with Gasteiger partial charge in [-0.3, -0.25) is 4.79 Å². The third-order valence-electron chi connectivity index (χ3n) is 4.42. The SMILES string of the molecule is CC[C@H](C)[C@H](C)C(=O)Nc1ccccc1N1CCOCC1. The lowest BCUT2D eigenvalue weighted by atomic mass is 9.93. The van der Waals surface area contributed by atoms with E-state index in [1.54, 1.807) is 0 Å². The van der Waals surface area contributed by atoms with Crippen LogP contribution in [-0.2, 0) is 9.53 Å². The molecule has 1 amide bonds. The molecule has 0 bridgehead atoms. The van der Waals surface area contributed by atoms with E-state index in [4.69, 9.17) is 4.74 Å². The van der Waals surface area contributed by atoms with Crippen LogP contribution in [0.25, 0.3) is 0 Å². The van der Waals surface area contributed by atoms with Gasteiger partial charge in [0.25, 0.3) is 0 Å². The van der Waals surface area contributed by atoms with E-state index in [1.807, 2.05) is 25.1 Å². The van der Waals surface area contributed by atoms with E-state index in [2.05, 4.69) is 30.1 Å². The van der Waals surface area contributed by atoms with E-state index in [9.17, 15) is 4.79 Å². The van der Waals surface area contributed by atoms with E-state index in [-0.39, 0.29) is 11.8 Å². The van der Waals surface area contributed by atoms with Crippen LogP contribution in [0.2, 0.25) is 0 Å². The van der Waals surface area contributed by atoms with Crippen LogP contribution in [0.4, 0.5) is 11.4 Å². The number of anilines is 2. The standard InChI is InChI=1S/C17H26N2O2/c1-4-13(2)14(3)17(20)18-15-7-5-6-8-16(15)19-9-11-21-12-10-19/h5-8,13-14H,4,9-12H2,1-3H3,(H,18,20)/t13-,14-/m0/s1. The average Bonchev–Trinajstić information content (AvgIpc) is 2.54. The Hall–Kier alpha value is -1.55. The second-order valence-electron chi connectivity index (χ2n) is 5.78. The van der Waals surface area contributed by atoms with Crippen LogP contribution in [0.5, 0.6) is 0 Å². The number of hydrogen-bond donors (Lipinski definition) is 1. The van der Waals surface area contributed by atoms with E-state index in [0.29, 0.717) is 5.92 Å². The zero-order valence-corrected chi connectivity index (χ0v) is 13.3. The number of ether oxygens (including phenoxy) is 1. The molecule has 2 atom stereocenters. The van der Waals surface area contributed by atoms with Crippen molar-refractivity contribution < 1.29 is 9.53 Å². The maximum atomic E-state index is 12.4. The molecular formula is C17H26N2O2. The van der Waals surface area contributed by atoms with Crippen molar-refractivity contribution in [3.63, 3.8) is 0 Å². The molecule has 1 aromatic rings. The summed E-state index contributed by atoms with van der Waals surface area (Å²) in [6.45, 7) is 9.47. The molecule has 0 spiro atoms. The van der Waals surface area contributed by atoms with Crippen LogP contribution in [0.1, 0.15) is 27.2 Å². The Morgan fingerprint density at radius 1 is 1.29 bits per heavy atom. The number of carbonyl (C=O) groups is 1. The highest BCUT2D eigenvalue weighted by atomic mass is 16.5. The number of para-hydroxylation sites is 2. The van der Waals surface area contributed by atoms with Crippen molar-refractivity contribution in [2.75, 3.05) is 36.5 Å². The van der Waals surface area contributed by atoms with Crippen LogP contribution in [0.15, 0.2) is 24.3 Å². The molecule has 0 aliphatic carbocycles. The van der Waals surface area contributed by atoms with Crippen molar-refractivity contribution >= 4 is 17.3 Å². The van der Waals surface area contributed by atoms with Crippen LogP contribution in [0, 0.1) is 11.8 Å². The molecule has 1 fully saturated rings. The van der Waals surface area contributed by atoms with Gasteiger partial charge >= 0.3 is 0 Å². The van der Waals surface area contributed by atoms with Gasteiger partial charge in [-0.25, -0.2) is 0 Å². The highest BCUT2D eigenvalue weighted by Crippen LogP contribution is 2.27. The molecular weight excluding hydrogens is 264 g/mol. The first-order valence-corrected chi connectivity index (χ1v) is 7.86. The van der Waals surface area contributed by atoms with Crippen molar-refractivity contribution in [2.24, 2.45) is 11.8 Å². The van der Waals surface area contributed by atoms with Gasteiger partial charge in [0, 0.05) is 19.0 Å². The minimum Gasteiger partial charge on any atom is -0.378 e. The highest BCUT2D eigenvalue weighted by molar-refractivity contribution is 5.95. The molecule has 1 aromatic carbocycles. The maximum absolute atomic E-state index is 12.4. The first-order valence-electron chi connectivity index (χ1n) is 7.86. The zero-order chi connectivity index (χ0) is 15.2. The molecule has 4 heteroatoms. The molecule has 1 saturated heterocycles. The Labute approximate surface area is 127 Å². The molecule has 0 saturated carbocycles. The predicted octanol–water partition coefficient (Wildman–Crippen LogP) is 3.14. The number of carbonyl (C=O) groups excluding carboxylic acids is 1. The van der Waals surface area contributed by atoms with Gasteiger partial charge in [0.15, 0.2) is 0 Å². The molecule has 1 heterocycles. The summed E-state index contributed by atoms with van der Waals surface area (Å²) in [5.74, 6) is 0.512. The molecule has 2 rings (SSSR count). The fourth-order valence-electron chi connectivity index (χ4n) is 2.52. The summed E-state index contributed by atoms with van der Waals surface area (Å²) in [4.78, 5) is 14.7. The second-order valence-corrected chi connectivity index (χ2v) is 5.78. The van der Waals surface area contributed by atoms with Gasteiger partial charge in [-0.1, -0.05) is 39.3 Å². The summed E-state index contributed by atoms with van der Waals surface area (Å²) in [6, 6.07) is 8.02. The van der Waals surface area contributed by atoms with Gasteiger partial charge in [0.05, 0.1) is 24.6 Å². The number of amides is 1. The molecule has 0 radical (unpaired) electrons. The summed E-state index contributed by atoms with van der Waals surface area (Å²) in [7, 11) is 0. The molecule has 21 heavy (non-hydrogen) atoms. The first-order chi connectivity index (χ1) is 10.1. The zero-order valence-electron chi connectivity index (χ0n) is 13.3. The Balaban J connectivity index is 2.11. The molecule has 1 aliphatic heterocycles. The Bertz CT molecular complexity index is 470. The van der Waals surface area contributed by atoms with Gasteiger partial charge in [0.1, 0.15) is 0 Å². The molecule has 4 nitrogen and oxygen atoms in total. The van der Waals surface area contributed by atoms with Crippen molar-refractivity contribution in [3.05, 3.63) is 24.3 Å². The predicted molar refractivity (Wildman–Crippen MR) is 86.7 cm³/mol. The van der Waals surface area contributed by atoms with Crippen LogP contribution in [0.3, 0.4) is 0 Å². The lowest BCUT2D eigenvalue weighted by Crippen LogP contribution is -2.37. The Morgan fingerprint density at radius 3 is 2.62 bits per heavy atom. The lowest BCUT2D eigenvalue weighted by Gasteiger charge is -2.31. The van der Waals surface area contributed by atoms with Crippen molar-refractivity contribution in [1.82, 2.24) is 0 Å². The van der Waals surface area contributed by atoms with E-state index < -0.39 is 0 Å². The van der Waals surface area contributed by atoms with Gasteiger partial charge in [-0.15, -0.1) is 0 Å². The first kappa shape index (κ1) is 15.8. The molecule has 1 N–H and O–H groups in total. The van der Waals surface area contributed by atoms with Gasteiger partial charge in [-0.2, -0.15) is 0 Å². The lowest BCUT2D eigenvalue weighted by molar-refractivity contribution is -0.120. The number of nitrogens with one attached hydrogen (secondary N) is 1. The third kappa shape index (κ3) is 3.97. The summed E-state index contributed by atoms with van der Waals surface area (Å²) >= 11 is 0. The summed E-state index contributed by atoms with van der Waals surface area (Å²) in [5.41, 5.74) is 1.99. The van der Waals surface area contributed by atoms with E-state index in [0.717, 1.165) is 44.1 Å². The van der Waals surface area contributed by atoms with Crippen molar-refractivity contribution in [3.8, 4) is 0 Å². The summed E-state index contributed by atoms with van der Waals surface area (Å²) < 4.78 is 5.40. The number of benzene rings is 1. The van der Waals surface area contributed by atoms with E-state index in [1.165, 1.54) is 0 Å². The van der Waals surface area contributed by atoms with Gasteiger partial charge < -0.3 is 15.0 Å². The maximum Gasteiger partial charge on any atom is 0.227 e. The molecule has 0 aromatic heterocycles. The number of nitrogens with zero attached hydrogens (tertiary/aromatic N) is 1. The van der Waals surface area contributed by atoms with E-state index >= 15 is 0 Å².